The maximum absolute atomic E-state index is 12.9. The fourth-order valence-electron chi connectivity index (χ4n) is 3.09. The summed E-state index contributed by atoms with van der Waals surface area (Å²) in [5.74, 6) is -0.336. The number of aromatic nitrogens is 4. The lowest BCUT2D eigenvalue weighted by molar-refractivity contribution is 0.102. The minimum atomic E-state index is -3.67. The van der Waals surface area contributed by atoms with Gasteiger partial charge in [0, 0.05) is 24.8 Å². The molecule has 162 valence electrons. The lowest BCUT2D eigenvalue weighted by atomic mass is 10.2. The van der Waals surface area contributed by atoms with Gasteiger partial charge in [0.25, 0.3) is 5.91 Å². The highest BCUT2D eigenvalue weighted by atomic mass is 32.2. The Kier molecular flexibility index (Phi) is 6.06. The van der Waals surface area contributed by atoms with Crippen LogP contribution >= 0.6 is 0 Å². The van der Waals surface area contributed by atoms with E-state index in [0.717, 1.165) is 5.56 Å². The fraction of sp³-hybridized carbons (Fsp3) is 0.0909. The molecule has 0 radical (unpaired) electrons. The first kappa shape index (κ1) is 21.3. The third-order valence-electron chi connectivity index (χ3n) is 4.79. The molecule has 4 rings (SSSR count). The minimum Gasteiger partial charge on any atom is -0.322 e. The van der Waals surface area contributed by atoms with Crippen LogP contribution in [0.1, 0.15) is 15.9 Å². The summed E-state index contributed by atoms with van der Waals surface area (Å²) in [6.07, 6.45) is 1.44. The molecule has 4 aromatic rings. The van der Waals surface area contributed by atoms with E-state index in [1.807, 2.05) is 30.3 Å². The monoisotopic (exact) mass is 448 g/mol. The van der Waals surface area contributed by atoms with Gasteiger partial charge in [-0.05, 0) is 58.5 Å². The molecule has 0 aliphatic carbocycles. The van der Waals surface area contributed by atoms with E-state index in [1.54, 1.807) is 36.4 Å². The lowest BCUT2D eigenvalue weighted by Gasteiger charge is -2.17. The summed E-state index contributed by atoms with van der Waals surface area (Å²) in [6, 6.07) is 22.3. The number of hydrogen-bond acceptors (Lipinski definition) is 6. The van der Waals surface area contributed by atoms with Gasteiger partial charge in [-0.25, -0.2) is 13.1 Å². The van der Waals surface area contributed by atoms with Crippen molar-refractivity contribution in [1.29, 1.82) is 0 Å². The molecule has 9 nitrogen and oxygen atoms in total. The summed E-state index contributed by atoms with van der Waals surface area (Å²) >= 11 is 0. The second-order valence-corrected chi connectivity index (χ2v) is 9.07. The van der Waals surface area contributed by atoms with Crippen molar-refractivity contribution >= 4 is 21.6 Å². The Morgan fingerprint density at radius 3 is 2.44 bits per heavy atom. The van der Waals surface area contributed by atoms with Crippen LogP contribution in [-0.4, -0.2) is 45.9 Å². The van der Waals surface area contributed by atoms with Gasteiger partial charge in [-0.1, -0.05) is 36.4 Å². The normalized spacial score (nSPS) is 11.4. The molecule has 0 spiro atoms. The zero-order valence-corrected chi connectivity index (χ0v) is 18.0. The van der Waals surface area contributed by atoms with Gasteiger partial charge in [-0.15, -0.1) is 5.10 Å². The smallest absolute Gasteiger partial charge is 0.255 e. The molecule has 1 amide bonds. The number of carbonyl (C=O) groups excluding carboxylic acids is 1. The Morgan fingerprint density at radius 1 is 1.00 bits per heavy atom. The Bertz CT molecular complexity index is 1310. The highest BCUT2D eigenvalue weighted by Crippen LogP contribution is 2.20. The van der Waals surface area contributed by atoms with Crippen molar-refractivity contribution in [2.45, 2.75) is 11.4 Å². The molecule has 0 saturated heterocycles. The quantitative estimate of drug-likeness (QED) is 0.466. The van der Waals surface area contributed by atoms with E-state index in [4.69, 9.17) is 0 Å². The molecule has 0 saturated carbocycles. The van der Waals surface area contributed by atoms with E-state index in [-0.39, 0.29) is 17.3 Å². The Morgan fingerprint density at radius 2 is 1.75 bits per heavy atom. The molecule has 1 N–H and O–H groups in total. The molecular formula is C22H20N6O3S. The number of nitrogens with zero attached hydrogens (tertiary/aromatic N) is 5. The highest BCUT2D eigenvalue weighted by Gasteiger charge is 2.21. The van der Waals surface area contributed by atoms with Crippen LogP contribution in [0.3, 0.4) is 0 Å². The predicted molar refractivity (Wildman–Crippen MR) is 119 cm³/mol. The van der Waals surface area contributed by atoms with Gasteiger partial charge < -0.3 is 5.32 Å². The molecule has 0 fully saturated rings. The van der Waals surface area contributed by atoms with Gasteiger partial charge in [-0.2, -0.15) is 4.31 Å². The largest absolute Gasteiger partial charge is 0.322 e. The molecule has 3 aromatic carbocycles. The molecule has 0 unspecified atom stereocenters. The summed E-state index contributed by atoms with van der Waals surface area (Å²) in [7, 11) is -2.13. The van der Waals surface area contributed by atoms with Crippen LogP contribution in [0.2, 0.25) is 0 Å². The van der Waals surface area contributed by atoms with Crippen molar-refractivity contribution in [2.24, 2.45) is 0 Å². The maximum Gasteiger partial charge on any atom is 0.255 e. The first-order valence-corrected chi connectivity index (χ1v) is 11.1. The number of sulfonamides is 1. The first-order chi connectivity index (χ1) is 15.4. The molecule has 1 aromatic heterocycles. The number of rotatable bonds is 7. The number of carbonyl (C=O) groups is 1. The Labute approximate surface area is 185 Å². The van der Waals surface area contributed by atoms with Crippen molar-refractivity contribution < 1.29 is 13.2 Å². The van der Waals surface area contributed by atoms with Gasteiger partial charge >= 0.3 is 0 Å². The lowest BCUT2D eigenvalue weighted by Crippen LogP contribution is -2.26. The standard InChI is InChI=1S/C22H20N6O3S/c1-27(15-17-6-3-2-4-7-17)32(30,31)21-12-10-19(11-13-21)24-22(29)18-8-5-9-20(14-18)28-16-23-25-26-28/h2-14,16H,15H2,1H3,(H,24,29). The third kappa shape index (κ3) is 4.71. The van der Waals surface area contributed by atoms with Crippen molar-refractivity contribution in [3.05, 3.63) is 96.3 Å². The number of nitrogens with one attached hydrogen (secondary N) is 1. The SMILES string of the molecule is CN(Cc1ccccc1)S(=O)(=O)c1ccc(NC(=O)c2cccc(-n3cnnn3)c2)cc1. The van der Waals surface area contributed by atoms with E-state index in [1.165, 1.54) is 34.5 Å². The summed E-state index contributed by atoms with van der Waals surface area (Å²) in [6.45, 7) is 0.263. The number of anilines is 1. The van der Waals surface area contributed by atoms with Crippen LogP contribution in [0, 0.1) is 0 Å². The van der Waals surface area contributed by atoms with Gasteiger partial charge in [0.1, 0.15) is 6.33 Å². The number of amides is 1. The van der Waals surface area contributed by atoms with E-state index in [9.17, 15) is 13.2 Å². The average molecular weight is 449 g/mol. The molecule has 0 bridgehead atoms. The third-order valence-corrected chi connectivity index (χ3v) is 6.61. The number of hydrogen-bond donors (Lipinski definition) is 1. The maximum atomic E-state index is 12.9. The van der Waals surface area contributed by atoms with Crippen LogP contribution in [0.5, 0.6) is 0 Å². The summed E-state index contributed by atoms with van der Waals surface area (Å²) in [4.78, 5) is 12.8. The predicted octanol–water partition coefficient (Wildman–Crippen LogP) is 2.74. The van der Waals surface area contributed by atoms with Crippen LogP contribution in [0.4, 0.5) is 5.69 Å². The highest BCUT2D eigenvalue weighted by molar-refractivity contribution is 7.89. The van der Waals surface area contributed by atoms with Gasteiger partial charge in [0.2, 0.25) is 10.0 Å². The number of benzene rings is 3. The molecule has 1 heterocycles. The summed E-state index contributed by atoms with van der Waals surface area (Å²) in [5.41, 5.74) is 2.43. The molecular weight excluding hydrogens is 428 g/mol. The second kappa shape index (κ2) is 9.08. The van der Waals surface area contributed by atoms with Gasteiger partial charge in [0.15, 0.2) is 0 Å². The molecule has 0 aliphatic heterocycles. The van der Waals surface area contributed by atoms with Crippen LogP contribution < -0.4 is 5.32 Å². The van der Waals surface area contributed by atoms with Gasteiger partial charge in [0.05, 0.1) is 10.6 Å². The second-order valence-electron chi connectivity index (χ2n) is 7.03. The summed E-state index contributed by atoms with van der Waals surface area (Å²) in [5, 5.41) is 13.7. The van der Waals surface area contributed by atoms with Crippen molar-refractivity contribution in [1.82, 2.24) is 24.5 Å². The molecule has 0 aliphatic rings. The zero-order valence-electron chi connectivity index (χ0n) is 17.2. The topological polar surface area (TPSA) is 110 Å². The van der Waals surface area contributed by atoms with E-state index >= 15 is 0 Å². The van der Waals surface area contributed by atoms with Crippen LogP contribution in [-0.2, 0) is 16.6 Å². The van der Waals surface area contributed by atoms with Crippen molar-refractivity contribution in [3.63, 3.8) is 0 Å². The van der Waals surface area contributed by atoms with E-state index in [2.05, 4.69) is 20.8 Å². The minimum absolute atomic E-state index is 0.148. The molecule has 32 heavy (non-hydrogen) atoms. The summed E-state index contributed by atoms with van der Waals surface area (Å²) < 4.78 is 28.5. The number of tetrazole rings is 1. The zero-order chi connectivity index (χ0) is 22.6. The molecule has 10 heteroatoms. The average Bonchev–Trinajstić information content (AvgIpc) is 3.35. The van der Waals surface area contributed by atoms with Crippen molar-refractivity contribution in [2.75, 3.05) is 12.4 Å². The van der Waals surface area contributed by atoms with Crippen LogP contribution in [0.15, 0.2) is 90.1 Å². The van der Waals surface area contributed by atoms with Gasteiger partial charge in [-0.3, -0.25) is 4.79 Å². The van der Waals surface area contributed by atoms with Crippen molar-refractivity contribution in [3.8, 4) is 5.69 Å². The Hall–Kier alpha value is -3.89. The Balaban J connectivity index is 1.45. The van der Waals surface area contributed by atoms with Crippen LogP contribution in [0.25, 0.3) is 5.69 Å². The fourth-order valence-corrected chi connectivity index (χ4v) is 4.25. The molecule has 0 atom stereocenters. The van der Waals surface area contributed by atoms with E-state index in [0.29, 0.717) is 16.9 Å². The van der Waals surface area contributed by atoms with E-state index < -0.39 is 10.0 Å². The first-order valence-electron chi connectivity index (χ1n) is 9.68.